The Balaban J connectivity index is 1.26. The molecule has 2 saturated heterocycles. The molecule has 54 heavy (non-hydrogen) atoms. The molecule has 0 unspecified atom stereocenters. The first-order valence-electron chi connectivity index (χ1n) is 19.8. The number of hydrogen-bond donors (Lipinski definition) is 1. The number of halogens is 2. The zero-order valence-corrected chi connectivity index (χ0v) is 34.0. The summed E-state index contributed by atoms with van der Waals surface area (Å²) >= 11 is 12.6. The number of aryl methyl sites for hydroxylation is 1. The number of methoxy groups -OCH3 is 1. The molecule has 0 radical (unpaired) electrons. The van der Waals surface area contributed by atoms with Crippen molar-refractivity contribution in [1.29, 1.82) is 0 Å². The fraction of sp³-hybridized carbons (Fsp3) is 0.634. The Labute approximate surface area is 331 Å². The third-order valence-electron chi connectivity index (χ3n) is 12.7. The number of anilines is 1. The summed E-state index contributed by atoms with van der Waals surface area (Å²) in [4.78, 5) is 21.2. The van der Waals surface area contributed by atoms with Crippen molar-refractivity contribution in [1.82, 2.24) is 14.5 Å². The molecule has 7 rings (SSSR count). The van der Waals surface area contributed by atoms with Crippen LogP contribution in [0.4, 0.5) is 5.69 Å². The quantitative estimate of drug-likeness (QED) is 0.282. The number of fused-ring (bicyclic) bond motifs is 4. The molecule has 1 aliphatic carbocycles. The van der Waals surface area contributed by atoms with E-state index >= 15 is 0 Å². The van der Waals surface area contributed by atoms with Gasteiger partial charge in [0.2, 0.25) is 10.0 Å². The zero-order chi connectivity index (χ0) is 37.9. The van der Waals surface area contributed by atoms with Crippen LogP contribution in [0.3, 0.4) is 0 Å². The van der Waals surface area contributed by atoms with Gasteiger partial charge in [-0.25, -0.2) is 13.1 Å². The van der Waals surface area contributed by atoms with E-state index in [1.54, 1.807) is 6.07 Å². The Kier molecular flexibility index (Phi) is 12.8. The average Bonchev–Trinajstić information content (AvgIpc) is 3.17. The summed E-state index contributed by atoms with van der Waals surface area (Å²) in [6.45, 7) is 9.98. The van der Waals surface area contributed by atoms with Crippen LogP contribution in [0, 0.1) is 17.8 Å². The molecular formula is C41H56Cl2N4O6S. The van der Waals surface area contributed by atoms with Gasteiger partial charge in [-0.05, 0) is 104 Å². The predicted molar refractivity (Wildman–Crippen MR) is 214 cm³/mol. The maximum Gasteiger partial charge on any atom is 0.264 e. The molecule has 2 bridgehead atoms. The zero-order valence-electron chi connectivity index (χ0n) is 31.7. The second-order valence-corrected chi connectivity index (χ2v) is 18.7. The SMILES string of the molecule is CO[C@@]1(CN2CCN3CCOC[C@@H]3C2)/C=C/C[C@H](C)[C@@H](CCCl)S(=O)(=O)NC(=O)c2ccc3c(c2)N(CCCCc2cc(Cl)ccc2CO3)C[C@@H]2CC[C@H]21. The number of piperazine rings is 1. The monoisotopic (exact) mass is 802 g/mol. The van der Waals surface area contributed by atoms with Gasteiger partial charge >= 0.3 is 0 Å². The minimum absolute atomic E-state index is 0.164. The lowest BCUT2D eigenvalue weighted by molar-refractivity contribution is -0.108. The molecule has 0 spiro atoms. The third kappa shape index (κ3) is 8.77. The molecule has 5 aliphatic rings. The highest BCUT2D eigenvalue weighted by Gasteiger charge is 2.49. The number of allylic oxidation sites excluding steroid dienone is 1. The van der Waals surface area contributed by atoms with Gasteiger partial charge in [-0.3, -0.25) is 14.6 Å². The van der Waals surface area contributed by atoms with Gasteiger partial charge in [-0.2, -0.15) is 0 Å². The molecule has 1 saturated carbocycles. The van der Waals surface area contributed by atoms with Gasteiger partial charge < -0.3 is 19.1 Å². The Hall–Kier alpha value is -2.38. The number of sulfonamides is 1. The highest BCUT2D eigenvalue weighted by molar-refractivity contribution is 7.90. The summed E-state index contributed by atoms with van der Waals surface area (Å²) in [5, 5.41) is -0.137. The number of nitrogens with one attached hydrogen (secondary N) is 1. The van der Waals surface area contributed by atoms with Gasteiger partial charge in [-0.1, -0.05) is 36.7 Å². The summed E-state index contributed by atoms with van der Waals surface area (Å²) in [5.74, 6) is 0.456. The molecule has 2 aromatic carbocycles. The van der Waals surface area contributed by atoms with E-state index in [-0.39, 0.29) is 29.7 Å². The normalized spacial score (nSPS) is 31.7. The molecule has 6 atom stereocenters. The van der Waals surface area contributed by atoms with Crippen molar-refractivity contribution in [2.24, 2.45) is 17.8 Å². The number of alkyl halides is 1. The van der Waals surface area contributed by atoms with E-state index in [2.05, 4.69) is 31.6 Å². The minimum atomic E-state index is -4.07. The van der Waals surface area contributed by atoms with Crippen LogP contribution in [0.1, 0.15) is 66.9 Å². The number of hydrogen-bond acceptors (Lipinski definition) is 9. The van der Waals surface area contributed by atoms with Crippen LogP contribution in [0.25, 0.3) is 0 Å². The lowest BCUT2D eigenvalue weighted by atomic mass is 9.63. The number of morpholine rings is 1. The summed E-state index contributed by atoms with van der Waals surface area (Å²) in [6.07, 6.45) is 9.98. The van der Waals surface area contributed by atoms with Crippen molar-refractivity contribution >= 4 is 44.8 Å². The highest BCUT2D eigenvalue weighted by atomic mass is 35.5. The van der Waals surface area contributed by atoms with Crippen molar-refractivity contribution in [2.45, 2.75) is 75.4 Å². The summed E-state index contributed by atoms with van der Waals surface area (Å²) in [5.41, 5.74) is 2.77. The topological polar surface area (TPSA) is 101 Å². The lowest BCUT2D eigenvalue weighted by Crippen LogP contribution is -2.62. The molecule has 1 N–H and O–H groups in total. The molecule has 296 valence electrons. The number of carbonyl (C=O) groups excluding carboxylic acids is 1. The van der Waals surface area contributed by atoms with E-state index in [1.165, 1.54) is 5.56 Å². The van der Waals surface area contributed by atoms with Gasteiger partial charge in [0.1, 0.15) is 18.0 Å². The van der Waals surface area contributed by atoms with Gasteiger partial charge in [0, 0.05) is 75.4 Å². The Morgan fingerprint density at radius 1 is 1.04 bits per heavy atom. The molecule has 1 amide bonds. The number of benzene rings is 2. The van der Waals surface area contributed by atoms with E-state index in [1.807, 2.05) is 44.4 Å². The molecule has 2 aromatic rings. The Morgan fingerprint density at radius 2 is 1.91 bits per heavy atom. The molecule has 4 heterocycles. The first-order valence-corrected chi connectivity index (χ1v) is 22.2. The van der Waals surface area contributed by atoms with Crippen molar-refractivity contribution in [3.05, 3.63) is 70.3 Å². The van der Waals surface area contributed by atoms with Crippen LogP contribution in [-0.2, 0) is 32.5 Å². The summed E-state index contributed by atoms with van der Waals surface area (Å²) < 4.78 is 49.4. The maximum absolute atomic E-state index is 13.9. The molecule has 3 fully saturated rings. The molecule has 10 nitrogen and oxygen atoms in total. The van der Waals surface area contributed by atoms with Crippen molar-refractivity contribution in [3.63, 3.8) is 0 Å². The second kappa shape index (κ2) is 17.4. The van der Waals surface area contributed by atoms with E-state index in [4.69, 9.17) is 37.4 Å². The second-order valence-electron chi connectivity index (χ2n) is 16.0. The average molecular weight is 804 g/mol. The van der Waals surface area contributed by atoms with Crippen LogP contribution in [-0.4, -0.2) is 113 Å². The van der Waals surface area contributed by atoms with Crippen LogP contribution in [0.2, 0.25) is 5.02 Å². The summed E-state index contributed by atoms with van der Waals surface area (Å²) in [7, 11) is -2.23. The third-order valence-corrected chi connectivity index (χ3v) is 15.1. The van der Waals surface area contributed by atoms with E-state index < -0.39 is 26.8 Å². The van der Waals surface area contributed by atoms with E-state index in [0.717, 1.165) is 102 Å². The molecule has 13 heteroatoms. The Morgan fingerprint density at radius 3 is 2.70 bits per heavy atom. The number of amides is 1. The smallest absolute Gasteiger partial charge is 0.264 e. The van der Waals surface area contributed by atoms with Crippen LogP contribution >= 0.6 is 23.2 Å². The standard InChI is InChI=1S/C41H56Cl2N4O6S/c1-29-6-5-15-41(51-2,28-45-18-19-46-20-21-52-27-35(46)25-45)36-12-9-32(36)24-47-17-4-3-7-30-22-34(43)11-8-33(30)26-53-38-13-10-31(23-37(38)47)40(48)44-54(49,50)39(29)14-16-42/h5,8,10-11,13,15,22-23,29,32,35-36,39H,3-4,6-7,9,12,14,16-21,24-28H2,1-2H3,(H,44,48)/b15-5+/t29-,32-,35-,36+,39+,41+/m0/s1. The number of rotatable bonds is 5. The first kappa shape index (κ1) is 39.8. The van der Waals surface area contributed by atoms with Gasteiger partial charge in [-0.15, -0.1) is 11.6 Å². The Bertz CT molecular complexity index is 1780. The van der Waals surface area contributed by atoms with Crippen LogP contribution in [0.5, 0.6) is 5.75 Å². The largest absolute Gasteiger partial charge is 0.487 e. The first-order chi connectivity index (χ1) is 26.1. The number of nitrogens with zero attached hydrogens (tertiary/aromatic N) is 3. The molecule has 0 aromatic heterocycles. The summed E-state index contributed by atoms with van der Waals surface area (Å²) in [6, 6.07) is 11.6. The fourth-order valence-electron chi connectivity index (χ4n) is 9.43. The van der Waals surface area contributed by atoms with Gasteiger partial charge in [0.15, 0.2) is 0 Å². The van der Waals surface area contributed by atoms with Gasteiger partial charge in [0.05, 0.1) is 24.2 Å². The van der Waals surface area contributed by atoms with Crippen LogP contribution < -0.4 is 14.4 Å². The van der Waals surface area contributed by atoms with Gasteiger partial charge in [0.25, 0.3) is 5.91 Å². The maximum atomic E-state index is 13.9. The lowest BCUT2D eigenvalue weighted by Gasteiger charge is -2.53. The minimum Gasteiger partial charge on any atom is -0.487 e. The molecule has 4 aliphatic heterocycles. The fourth-order valence-corrected chi connectivity index (χ4v) is 11.7. The number of carbonyl (C=O) groups is 1. The van der Waals surface area contributed by atoms with Crippen molar-refractivity contribution < 1.29 is 27.4 Å². The highest BCUT2D eigenvalue weighted by Crippen LogP contribution is 2.47. The molecular weight excluding hydrogens is 747 g/mol. The van der Waals surface area contributed by atoms with Crippen molar-refractivity contribution in [3.8, 4) is 5.75 Å². The number of ether oxygens (including phenoxy) is 3. The van der Waals surface area contributed by atoms with E-state index in [0.29, 0.717) is 35.8 Å². The van der Waals surface area contributed by atoms with Crippen molar-refractivity contribution in [2.75, 3.05) is 76.9 Å². The van der Waals surface area contributed by atoms with E-state index in [9.17, 15) is 13.2 Å². The predicted octanol–water partition coefficient (Wildman–Crippen LogP) is 6.14. The van der Waals surface area contributed by atoms with Crippen LogP contribution in [0.15, 0.2) is 48.6 Å².